The predicted molar refractivity (Wildman–Crippen MR) is 108 cm³/mol. The Hall–Kier alpha value is -1.43. The number of halogens is 1. The van der Waals surface area contributed by atoms with Crippen LogP contribution in [0.15, 0.2) is 53.5 Å². The number of amides is 1. The SMILES string of the molecule is C=C/C=C(\C)Br.CN1CC(N2CCN(C(=O)c3ccccc3)CC2)C1. The van der Waals surface area contributed by atoms with Gasteiger partial charge in [-0.2, -0.15) is 0 Å². The monoisotopic (exact) mass is 405 g/mol. The molecule has 1 aromatic rings. The second-order valence-electron chi connectivity index (χ2n) is 6.56. The minimum Gasteiger partial charge on any atom is -0.336 e. The Morgan fingerprint density at radius 2 is 1.76 bits per heavy atom. The smallest absolute Gasteiger partial charge is 0.253 e. The number of carbonyl (C=O) groups excluding carboxylic acids is 1. The highest BCUT2D eigenvalue weighted by atomic mass is 79.9. The van der Waals surface area contributed by atoms with E-state index >= 15 is 0 Å². The van der Waals surface area contributed by atoms with Crippen molar-refractivity contribution in [2.75, 3.05) is 46.3 Å². The van der Waals surface area contributed by atoms with Crippen molar-refractivity contribution >= 4 is 21.8 Å². The average molecular weight is 406 g/mol. The maximum absolute atomic E-state index is 12.3. The number of allylic oxidation sites excluding steroid dienone is 3. The van der Waals surface area contributed by atoms with E-state index in [0.29, 0.717) is 6.04 Å². The molecule has 0 saturated carbocycles. The molecule has 25 heavy (non-hydrogen) atoms. The van der Waals surface area contributed by atoms with Crippen molar-refractivity contribution in [1.29, 1.82) is 0 Å². The van der Waals surface area contributed by atoms with Gasteiger partial charge in [0.05, 0.1) is 0 Å². The number of hydrogen-bond donors (Lipinski definition) is 0. The van der Waals surface area contributed by atoms with Crippen molar-refractivity contribution < 1.29 is 4.79 Å². The summed E-state index contributed by atoms with van der Waals surface area (Å²) >= 11 is 3.22. The summed E-state index contributed by atoms with van der Waals surface area (Å²) < 4.78 is 1.11. The number of likely N-dealkylation sites (N-methyl/N-ethyl adjacent to an activating group) is 1. The molecule has 2 aliphatic rings. The zero-order chi connectivity index (χ0) is 18.2. The minimum absolute atomic E-state index is 0.172. The van der Waals surface area contributed by atoms with Gasteiger partial charge in [0.25, 0.3) is 5.91 Å². The first-order valence-corrected chi connectivity index (χ1v) is 9.52. The second kappa shape index (κ2) is 9.90. The molecular formula is C20H28BrN3O. The van der Waals surface area contributed by atoms with E-state index in [4.69, 9.17) is 0 Å². The normalized spacial score (nSPS) is 19.6. The van der Waals surface area contributed by atoms with Crippen LogP contribution in [-0.2, 0) is 0 Å². The van der Waals surface area contributed by atoms with Gasteiger partial charge in [-0.3, -0.25) is 9.69 Å². The summed E-state index contributed by atoms with van der Waals surface area (Å²) in [6.07, 6.45) is 3.63. The lowest BCUT2D eigenvalue weighted by Gasteiger charge is -2.46. The molecule has 0 bridgehead atoms. The van der Waals surface area contributed by atoms with Crippen LogP contribution in [0.4, 0.5) is 0 Å². The van der Waals surface area contributed by atoms with Crippen LogP contribution in [0.5, 0.6) is 0 Å². The van der Waals surface area contributed by atoms with E-state index in [1.165, 1.54) is 13.1 Å². The maximum Gasteiger partial charge on any atom is 0.253 e. The fourth-order valence-electron chi connectivity index (χ4n) is 3.11. The predicted octanol–water partition coefficient (Wildman–Crippen LogP) is 3.23. The van der Waals surface area contributed by atoms with Gasteiger partial charge in [0.2, 0.25) is 0 Å². The van der Waals surface area contributed by atoms with E-state index in [0.717, 1.165) is 36.2 Å². The van der Waals surface area contributed by atoms with Crippen LogP contribution in [0, 0.1) is 0 Å². The summed E-state index contributed by atoms with van der Waals surface area (Å²) in [5, 5.41) is 0. The van der Waals surface area contributed by atoms with Crippen LogP contribution in [0.2, 0.25) is 0 Å². The minimum atomic E-state index is 0.172. The van der Waals surface area contributed by atoms with Crippen LogP contribution >= 0.6 is 15.9 Å². The maximum atomic E-state index is 12.3. The largest absolute Gasteiger partial charge is 0.336 e. The highest BCUT2D eigenvalue weighted by Gasteiger charge is 2.32. The molecule has 1 amide bonds. The highest BCUT2D eigenvalue weighted by Crippen LogP contribution is 2.16. The third kappa shape index (κ3) is 6.10. The molecule has 0 atom stereocenters. The third-order valence-corrected chi connectivity index (χ3v) is 4.80. The van der Waals surface area contributed by atoms with Crippen LogP contribution < -0.4 is 0 Å². The molecule has 0 unspecified atom stereocenters. The van der Waals surface area contributed by atoms with E-state index in [-0.39, 0.29) is 5.91 Å². The van der Waals surface area contributed by atoms with Crippen molar-refractivity contribution in [3.8, 4) is 0 Å². The summed E-state index contributed by atoms with van der Waals surface area (Å²) in [4.78, 5) is 19.2. The Balaban J connectivity index is 0.000000326. The zero-order valence-corrected chi connectivity index (χ0v) is 16.8. The highest BCUT2D eigenvalue weighted by molar-refractivity contribution is 9.11. The topological polar surface area (TPSA) is 26.8 Å². The number of piperazine rings is 1. The summed E-state index contributed by atoms with van der Waals surface area (Å²) in [5.41, 5.74) is 0.805. The van der Waals surface area contributed by atoms with Crippen LogP contribution in [0.3, 0.4) is 0 Å². The van der Waals surface area contributed by atoms with E-state index in [1.807, 2.05) is 48.2 Å². The van der Waals surface area contributed by atoms with Gasteiger partial charge in [-0.25, -0.2) is 0 Å². The van der Waals surface area contributed by atoms with Crippen molar-refractivity contribution in [3.63, 3.8) is 0 Å². The van der Waals surface area contributed by atoms with Gasteiger partial charge in [-0.1, -0.05) is 52.9 Å². The number of hydrogen-bond acceptors (Lipinski definition) is 3. The Kier molecular flexibility index (Phi) is 7.88. The fourth-order valence-corrected chi connectivity index (χ4v) is 3.30. The molecule has 2 heterocycles. The summed E-state index contributed by atoms with van der Waals surface area (Å²) in [6.45, 7) is 11.5. The first kappa shape index (κ1) is 19.9. The quantitative estimate of drug-likeness (QED) is 0.722. The summed E-state index contributed by atoms with van der Waals surface area (Å²) in [5.74, 6) is 0.172. The molecule has 1 aromatic carbocycles. The van der Waals surface area contributed by atoms with Gasteiger partial charge in [0, 0.05) is 50.9 Å². The summed E-state index contributed by atoms with van der Waals surface area (Å²) in [6, 6.07) is 10.3. The summed E-state index contributed by atoms with van der Waals surface area (Å²) in [7, 11) is 2.16. The van der Waals surface area contributed by atoms with E-state index in [1.54, 1.807) is 6.08 Å². The Bertz CT molecular complexity index is 584. The van der Waals surface area contributed by atoms with Crippen LogP contribution in [-0.4, -0.2) is 73.0 Å². The fraction of sp³-hybridized carbons (Fsp3) is 0.450. The van der Waals surface area contributed by atoms with Gasteiger partial charge in [-0.15, -0.1) is 0 Å². The first-order chi connectivity index (χ1) is 12.0. The lowest BCUT2D eigenvalue weighted by Crippen LogP contribution is -2.62. The van der Waals surface area contributed by atoms with Gasteiger partial charge in [0.1, 0.15) is 0 Å². The number of carbonyl (C=O) groups is 1. The molecule has 0 N–H and O–H groups in total. The van der Waals surface area contributed by atoms with Crippen LogP contribution in [0.25, 0.3) is 0 Å². The van der Waals surface area contributed by atoms with E-state index in [2.05, 4.69) is 39.4 Å². The lowest BCUT2D eigenvalue weighted by atomic mass is 10.1. The third-order valence-electron chi connectivity index (χ3n) is 4.53. The molecule has 0 aliphatic carbocycles. The Labute approximate surface area is 159 Å². The zero-order valence-electron chi connectivity index (χ0n) is 15.2. The van der Waals surface area contributed by atoms with Gasteiger partial charge < -0.3 is 9.80 Å². The molecule has 3 rings (SSSR count). The lowest BCUT2D eigenvalue weighted by molar-refractivity contribution is 0.0173. The molecule has 0 spiro atoms. The first-order valence-electron chi connectivity index (χ1n) is 8.73. The number of benzene rings is 1. The van der Waals surface area contributed by atoms with E-state index < -0.39 is 0 Å². The molecule has 0 radical (unpaired) electrons. The van der Waals surface area contributed by atoms with Gasteiger partial charge in [0.15, 0.2) is 0 Å². The molecule has 5 heteroatoms. The van der Waals surface area contributed by atoms with Gasteiger partial charge in [-0.05, 0) is 30.6 Å². The average Bonchev–Trinajstić information content (AvgIpc) is 2.60. The van der Waals surface area contributed by atoms with Crippen molar-refractivity contribution in [2.45, 2.75) is 13.0 Å². The van der Waals surface area contributed by atoms with Crippen LogP contribution in [0.1, 0.15) is 17.3 Å². The molecule has 136 valence electrons. The number of nitrogens with zero attached hydrogens (tertiary/aromatic N) is 3. The standard InChI is InChI=1S/C15H21N3O.C5H7Br/c1-16-11-14(12-16)17-7-9-18(10-8-17)15(19)13-5-3-2-4-6-13;1-3-4-5(2)6/h2-6,14H,7-12H2,1H3;3-4H,1H2,2H3/b;5-4+. The van der Waals surface area contributed by atoms with Crippen molar-refractivity contribution in [3.05, 3.63) is 59.1 Å². The molecule has 4 nitrogen and oxygen atoms in total. The molecule has 2 fully saturated rings. The molecule has 0 aromatic heterocycles. The molecule has 2 saturated heterocycles. The Morgan fingerprint density at radius 1 is 1.16 bits per heavy atom. The second-order valence-corrected chi connectivity index (χ2v) is 7.81. The Morgan fingerprint density at radius 3 is 2.20 bits per heavy atom. The van der Waals surface area contributed by atoms with Gasteiger partial charge >= 0.3 is 0 Å². The number of rotatable bonds is 3. The van der Waals surface area contributed by atoms with Crippen molar-refractivity contribution in [2.24, 2.45) is 0 Å². The molecular weight excluding hydrogens is 378 g/mol. The number of likely N-dealkylation sites (tertiary alicyclic amines) is 1. The molecule has 2 aliphatic heterocycles. The van der Waals surface area contributed by atoms with Crippen molar-refractivity contribution in [1.82, 2.24) is 14.7 Å². The van der Waals surface area contributed by atoms with E-state index in [9.17, 15) is 4.79 Å².